The molecule has 0 bridgehead atoms. The van der Waals surface area contributed by atoms with Crippen LogP contribution in [0.5, 0.6) is 11.5 Å². The monoisotopic (exact) mass is 326 g/mol. The van der Waals surface area contributed by atoms with Crippen molar-refractivity contribution in [2.45, 2.75) is 26.0 Å². The fourth-order valence-electron chi connectivity index (χ4n) is 2.90. The minimum atomic E-state index is -0.438. The summed E-state index contributed by atoms with van der Waals surface area (Å²) in [5.41, 5.74) is 3.05. The molecule has 0 aliphatic heterocycles. The number of para-hydroxylation sites is 2. The standard InChI is InChI=1S/C19H22N2O3/c1-13(22)12-21-16-7-5-4-6-15(16)20-19(21)11-14-8-9-17(23-2)18(10-14)24-3/h4-10,13,22H,11-12H2,1-3H3. The van der Waals surface area contributed by atoms with E-state index >= 15 is 0 Å². The number of methoxy groups -OCH3 is 2. The topological polar surface area (TPSA) is 56.5 Å². The van der Waals surface area contributed by atoms with Crippen LogP contribution in [0.25, 0.3) is 11.0 Å². The van der Waals surface area contributed by atoms with Gasteiger partial charge in [-0.1, -0.05) is 18.2 Å². The van der Waals surface area contributed by atoms with Gasteiger partial charge in [-0.25, -0.2) is 4.98 Å². The molecule has 0 radical (unpaired) electrons. The molecule has 5 nitrogen and oxygen atoms in total. The van der Waals surface area contributed by atoms with Gasteiger partial charge >= 0.3 is 0 Å². The number of aromatic nitrogens is 2. The Bertz CT molecular complexity index is 840. The molecule has 0 spiro atoms. The van der Waals surface area contributed by atoms with Gasteiger partial charge in [0, 0.05) is 6.42 Å². The molecule has 1 heterocycles. The molecule has 0 amide bonds. The van der Waals surface area contributed by atoms with Crippen molar-refractivity contribution in [3.63, 3.8) is 0 Å². The third-order valence-corrected chi connectivity index (χ3v) is 3.99. The van der Waals surface area contributed by atoms with Gasteiger partial charge < -0.3 is 19.1 Å². The fourth-order valence-corrected chi connectivity index (χ4v) is 2.90. The number of rotatable bonds is 6. The molecule has 3 rings (SSSR count). The lowest BCUT2D eigenvalue weighted by atomic mass is 10.1. The van der Waals surface area contributed by atoms with Crippen molar-refractivity contribution in [2.24, 2.45) is 0 Å². The molecule has 1 aromatic heterocycles. The lowest BCUT2D eigenvalue weighted by Crippen LogP contribution is -2.14. The molecule has 126 valence electrons. The lowest BCUT2D eigenvalue weighted by molar-refractivity contribution is 0.174. The zero-order chi connectivity index (χ0) is 17.1. The predicted octanol–water partition coefficient (Wildman–Crippen LogP) is 3.03. The molecule has 0 saturated carbocycles. The molecule has 3 aromatic rings. The van der Waals surface area contributed by atoms with Crippen LogP contribution in [0.15, 0.2) is 42.5 Å². The summed E-state index contributed by atoms with van der Waals surface area (Å²) in [6.45, 7) is 2.30. The predicted molar refractivity (Wildman–Crippen MR) is 93.8 cm³/mol. The first-order chi connectivity index (χ1) is 11.6. The van der Waals surface area contributed by atoms with E-state index in [-0.39, 0.29) is 0 Å². The molecule has 1 atom stereocenters. The number of fused-ring (bicyclic) bond motifs is 1. The minimum Gasteiger partial charge on any atom is -0.493 e. The second-order valence-corrected chi connectivity index (χ2v) is 5.84. The van der Waals surface area contributed by atoms with Gasteiger partial charge in [-0.2, -0.15) is 0 Å². The Morgan fingerprint density at radius 2 is 1.83 bits per heavy atom. The SMILES string of the molecule is COc1ccc(Cc2nc3ccccc3n2CC(C)O)cc1OC. The molecular formula is C19H22N2O3. The first-order valence-corrected chi connectivity index (χ1v) is 7.95. The van der Waals surface area contributed by atoms with E-state index in [9.17, 15) is 5.11 Å². The first kappa shape index (κ1) is 16.3. The van der Waals surface area contributed by atoms with Crippen LogP contribution in [0.2, 0.25) is 0 Å². The smallest absolute Gasteiger partial charge is 0.161 e. The highest BCUT2D eigenvalue weighted by atomic mass is 16.5. The quantitative estimate of drug-likeness (QED) is 0.756. The molecule has 0 aliphatic rings. The molecule has 0 aliphatic carbocycles. The molecular weight excluding hydrogens is 304 g/mol. The van der Waals surface area contributed by atoms with Gasteiger partial charge in [0.05, 0.1) is 37.9 Å². The summed E-state index contributed by atoms with van der Waals surface area (Å²) in [5, 5.41) is 9.84. The Morgan fingerprint density at radius 3 is 2.54 bits per heavy atom. The number of imidazole rings is 1. The third-order valence-electron chi connectivity index (χ3n) is 3.99. The van der Waals surface area contributed by atoms with Gasteiger partial charge in [0.2, 0.25) is 0 Å². The Balaban J connectivity index is 2.00. The van der Waals surface area contributed by atoms with Crippen molar-refractivity contribution >= 4 is 11.0 Å². The summed E-state index contributed by atoms with van der Waals surface area (Å²) in [6, 6.07) is 13.9. The van der Waals surface area contributed by atoms with Crippen molar-refractivity contribution in [1.82, 2.24) is 9.55 Å². The minimum absolute atomic E-state index is 0.438. The summed E-state index contributed by atoms with van der Waals surface area (Å²) in [5.74, 6) is 2.33. The zero-order valence-electron chi connectivity index (χ0n) is 14.2. The Hall–Kier alpha value is -2.53. The number of benzene rings is 2. The van der Waals surface area contributed by atoms with E-state index in [0.29, 0.717) is 24.5 Å². The van der Waals surface area contributed by atoms with E-state index in [1.807, 2.05) is 42.5 Å². The van der Waals surface area contributed by atoms with Crippen molar-refractivity contribution in [1.29, 1.82) is 0 Å². The fraction of sp³-hybridized carbons (Fsp3) is 0.316. The molecule has 0 saturated heterocycles. The number of hydrogen-bond donors (Lipinski definition) is 1. The van der Waals surface area contributed by atoms with Crippen molar-refractivity contribution in [3.8, 4) is 11.5 Å². The van der Waals surface area contributed by atoms with Gasteiger partial charge in [0.25, 0.3) is 0 Å². The average molecular weight is 326 g/mol. The maximum absolute atomic E-state index is 9.84. The van der Waals surface area contributed by atoms with Crippen LogP contribution < -0.4 is 9.47 Å². The van der Waals surface area contributed by atoms with Gasteiger partial charge in [-0.05, 0) is 36.8 Å². The summed E-state index contributed by atoms with van der Waals surface area (Å²) < 4.78 is 12.7. The largest absolute Gasteiger partial charge is 0.493 e. The van der Waals surface area contributed by atoms with Crippen LogP contribution in [-0.2, 0) is 13.0 Å². The second-order valence-electron chi connectivity index (χ2n) is 5.84. The number of aliphatic hydroxyl groups is 1. The molecule has 1 N–H and O–H groups in total. The van der Waals surface area contributed by atoms with Crippen molar-refractivity contribution in [3.05, 3.63) is 53.9 Å². The van der Waals surface area contributed by atoms with E-state index < -0.39 is 6.10 Å². The number of hydrogen-bond acceptors (Lipinski definition) is 4. The van der Waals surface area contributed by atoms with Crippen molar-refractivity contribution < 1.29 is 14.6 Å². The van der Waals surface area contributed by atoms with E-state index in [0.717, 1.165) is 22.4 Å². The highest BCUT2D eigenvalue weighted by molar-refractivity contribution is 5.76. The van der Waals surface area contributed by atoms with Crippen LogP contribution in [0.1, 0.15) is 18.3 Å². The Morgan fingerprint density at radius 1 is 1.08 bits per heavy atom. The van der Waals surface area contributed by atoms with Crippen LogP contribution >= 0.6 is 0 Å². The Labute approximate surface area is 141 Å². The van der Waals surface area contributed by atoms with Crippen LogP contribution in [0, 0.1) is 0 Å². The van der Waals surface area contributed by atoms with Gasteiger partial charge in [0.15, 0.2) is 11.5 Å². The molecule has 1 unspecified atom stereocenters. The number of ether oxygens (including phenoxy) is 2. The lowest BCUT2D eigenvalue weighted by Gasteiger charge is -2.12. The average Bonchev–Trinajstić information content (AvgIpc) is 2.91. The van der Waals surface area contributed by atoms with E-state index in [1.54, 1.807) is 21.1 Å². The van der Waals surface area contributed by atoms with E-state index in [1.165, 1.54) is 0 Å². The third kappa shape index (κ3) is 3.21. The summed E-state index contributed by atoms with van der Waals surface area (Å²) in [4.78, 5) is 4.74. The Kier molecular flexibility index (Phi) is 4.71. The molecule has 2 aromatic carbocycles. The van der Waals surface area contributed by atoms with E-state index in [2.05, 4.69) is 4.57 Å². The summed E-state index contributed by atoms with van der Waals surface area (Å²) in [7, 11) is 3.25. The van der Waals surface area contributed by atoms with Gasteiger partial charge in [0.1, 0.15) is 5.82 Å². The van der Waals surface area contributed by atoms with Crippen LogP contribution in [0.4, 0.5) is 0 Å². The van der Waals surface area contributed by atoms with Crippen LogP contribution in [-0.4, -0.2) is 35.0 Å². The van der Waals surface area contributed by atoms with Gasteiger partial charge in [-0.3, -0.25) is 0 Å². The molecule has 24 heavy (non-hydrogen) atoms. The highest BCUT2D eigenvalue weighted by Crippen LogP contribution is 2.29. The van der Waals surface area contributed by atoms with Crippen LogP contribution in [0.3, 0.4) is 0 Å². The normalized spacial score (nSPS) is 12.3. The zero-order valence-corrected chi connectivity index (χ0v) is 14.2. The maximum Gasteiger partial charge on any atom is 0.161 e. The van der Waals surface area contributed by atoms with Gasteiger partial charge in [-0.15, -0.1) is 0 Å². The second kappa shape index (κ2) is 6.93. The molecule has 5 heteroatoms. The van der Waals surface area contributed by atoms with Crippen molar-refractivity contribution in [2.75, 3.05) is 14.2 Å². The summed E-state index contributed by atoms with van der Waals surface area (Å²) >= 11 is 0. The highest BCUT2D eigenvalue weighted by Gasteiger charge is 2.14. The first-order valence-electron chi connectivity index (χ1n) is 7.95. The maximum atomic E-state index is 9.84. The molecule has 0 fully saturated rings. The number of aliphatic hydroxyl groups excluding tert-OH is 1. The summed E-state index contributed by atoms with van der Waals surface area (Å²) in [6.07, 6.45) is 0.216. The number of nitrogens with zero attached hydrogens (tertiary/aromatic N) is 2. The van der Waals surface area contributed by atoms with E-state index in [4.69, 9.17) is 14.5 Å².